The molecular formula is C11H12N2O2. The predicted molar refractivity (Wildman–Crippen MR) is 54.7 cm³/mol. The summed E-state index contributed by atoms with van der Waals surface area (Å²) < 4.78 is 6.89. The summed E-state index contributed by atoms with van der Waals surface area (Å²) in [5, 5.41) is 0. The first kappa shape index (κ1) is 9.71. The van der Waals surface area contributed by atoms with E-state index < -0.39 is 0 Å². The Balaban J connectivity index is 2.29. The van der Waals surface area contributed by atoms with Crippen LogP contribution < -0.4 is 0 Å². The van der Waals surface area contributed by atoms with Crippen molar-refractivity contribution in [1.29, 1.82) is 0 Å². The molecule has 0 spiro atoms. The van der Waals surface area contributed by atoms with Crippen LogP contribution in [0.15, 0.2) is 35.2 Å². The zero-order valence-electron chi connectivity index (χ0n) is 8.51. The van der Waals surface area contributed by atoms with Gasteiger partial charge in [-0.05, 0) is 18.6 Å². The van der Waals surface area contributed by atoms with Crippen LogP contribution in [0.3, 0.4) is 0 Å². The van der Waals surface area contributed by atoms with Gasteiger partial charge in [0, 0.05) is 18.9 Å². The second kappa shape index (κ2) is 4.13. The molecule has 0 bridgehead atoms. The molecule has 0 aromatic carbocycles. The second-order valence-corrected chi connectivity index (χ2v) is 3.25. The molecule has 2 heterocycles. The Morgan fingerprint density at radius 3 is 3.13 bits per heavy atom. The molecule has 0 aliphatic carbocycles. The number of hydrogen-bond donors (Lipinski definition) is 0. The number of carbonyl (C=O) groups excluding carboxylic acids is 1. The maximum absolute atomic E-state index is 11.9. The molecule has 0 N–H and O–H groups in total. The van der Waals surface area contributed by atoms with Gasteiger partial charge < -0.3 is 8.98 Å². The lowest BCUT2D eigenvalue weighted by Gasteiger charge is -2.02. The van der Waals surface area contributed by atoms with Gasteiger partial charge in [0.2, 0.25) is 0 Å². The van der Waals surface area contributed by atoms with Gasteiger partial charge in [-0.3, -0.25) is 4.79 Å². The molecule has 2 rings (SSSR count). The Hall–Kier alpha value is -1.84. The van der Waals surface area contributed by atoms with E-state index in [0.29, 0.717) is 11.6 Å². The third-order valence-electron chi connectivity index (χ3n) is 2.13. The Morgan fingerprint density at radius 2 is 2.47 bits per heavy atom. The summed E-state index contributed by atoms with van der Waals surface area (Å²) in [5.41, 5.74) is 0. The molecular weight excluding hydrogens is 192 g/mol. The Kier molecular flexibility index (Phi) is 2.67. The largest absolute Gasteiger partial charge is 0.461 e. The normalized spacial score (nSPS) is 10.5. The minimum Gasteiger partial charge on any atom is -0.461 e. The number of furan rings is 1. The predicted octanol–water partition coefficient (Wildman–Crippen LogP) is 2.12. The molecule has 0 amide bonds. The van der Waals surface area contributed by atoms with Crippen LogP contribution in [0.25, 0.3) is 0 Å². The van der Waals surface area contributed by atoms with E-state index in [1.165, 1.54) is 6.26 Å². The molecule has 0 atom stereocenters. The van der Waals surface area contributed by atoms with Crippen molar-refractivity contribution >= 4 is 5.78 Å². The molecule has 4 heteroatoms. The highest BCUT2D eigenvalue weighted by Crippen LogP contribution is 2.09. The third-order valence-corrected chi connectivity index (χ3v) is 2.13. The highest BCUT2D eigenvalue weighted by Gasteiger charge is 2.16. The number of carbonyl (C=O) groups is 1. The number of aryl methyl sites for hydroxylation is 1. The fourth-order valence-corrected chi connectivity index (χ4v) is 1.46. The minimum absolute atomic E-state index is 0.168. The van der Waals surface area contributed by atoms with Gasteiger partial charge in [0.05, 0.1) is 6.26 Å². The molecule has 0 radical (unpaired) electrons. The Morgan fingerprint density at radius 1 is 1.60 bits per heavy atom. The summed E-state index contributed by atoms with van der Waals surface area (Å²) in [7, 11) is 0. The van der Waals surface area contributed by atoms with Crippen molar-refractivity contribution in [1.82, 2.24) is 9.55 Å². The summed E-state index contributed by atoms with van der Waals surface area (Å²) in [6.07, 6.45) is 5.89. The Labute approximate surface area is 87.5 Å². The highest BCUT2D eigenvalue weighted by molar-refractivity contribution is 6.04. The third kappa shape index (κ3) is 1.83. The van der Waals surface area contributed by atoms with Crippen LogP contribution >= 0.6 is 0 Å². The molecule has 15 heavy (non-hydrogen) atoms. The van der Waals surface area contributed by atoms with Crippen molar-refractivity contribution in [3.05, 3.63) is 42.4 Å². The SMILES string of the molecule is CCCn1ccnc1C(=O)c1ccco1. The Bertz CT molecular complexity index is 443. The maximum Gasteiger partial charge on any atom is 0.263 e. The van der Waals surface area contributed by atoms with Crippen molar-refractivity contribution in [2.45, 2.75) is 19.9 Å². The monoisotopic (exact) mass is 204 g/mol. The van der Waals surface area contributed by atoms with Gasteiger partial charge >= 0.3 is 0 Å². The van der Waals surface area contributed by atoms with E-state index >= 15 is 0 Å². The fraction of sp³-hybridized carbons (Fsp3) is 0.273. The lowest BCUT2D eigenvalue weighted by Crippen LogP contribution is -2.10. The van der Waals surface area contributed by atoms with Crippen molar-refractivity contribution in [3.8, 4) is 0 Å². The number of ketones is 1. The first-order valence-corrected chi connectivity index (χ1v) is 4.92. The lowest BCUT2D eigenvalue weighted by atomic mass is 10.3. The molecule has 2 aromatic rings. The molecule has 4 nitrogen and oxygen atoms in total. The van der Waals surface area contributed by atoms with Crippen LogP contribution in [-0.2, 0) is 6.54 Å². The van der Waals surface area contributed by atoms with Gasteiger partial charge in [-0.25, -0.2) is 4.98 Å². The van der Waals surface area contributed by atoms with Crippen LogP contribution in [-0.4, -0.2) is 15.3 Å². The number of hydrogen-bond acceptors (Lipinski definition) is 3. The second-order valence-electron chi connectivity index (χ2n) is 3.25. The van der Waals surface area contributed by atoms with Crippen LogP contribution in [0.5, 0.6) is 0 Å². The average Bonchev–Trinajstić information content (AvgIpc) is 2.87. The van der Waals surface area contributed by atoms with E-state index in [1.807, 2.05) is 4.57 Å². The van der Waals surface area contributed by atoms with Gasteiger partial charge in [0.25, 0.3) is 5.78 Å². The maximum atomic E-state index is 11.9. The van der Waals surface area contributed by atoms with E-state index in [2.05, 4.69) is 11.9 Å². The van der Waals surface area contributed by atoms with E-state index in [1.54, 1.807) is 24.5 Å². The fourth-order valence-electron chi connectivity index (χ4n) is 1.46. The molecule has 0 saturated heterocycles. The molecule has 0 aliphatic heterocycles. The topological polar surface area (TPSA) is 48.0 Å². The molecule has 0 aliphatic rings. The molecule has 0 fully saturated rings. The van der Waals surface area contributed by atoms with Gasteiger partial charge in [0.15, 0.2) is 11.6 Å². The average molecular weight is 204 g/mol. The first-order valence-electron chi connectivity index (χ1n) is 4.92. The number of nitrogens with zero attached hydrogens (tertiary/aromatic N) is 2. The van der Waals surface area contributed by atoms with Crippen LogP contribution in [0.2, 0.25) is 0 Å². The minimum atomic E-state index is -0.168. The summed E-state index contributed by atoms with van der Waals surface area (Å²) in [4.78, 5) is 15.9. The van der Waals surface area contributed by atoms with Gasteiger partial charge in [-0.1, -0.05) is 6.92 Å². The quantitative estimate of drug-likeness (QED) is 0.716. The van der Waals surface area contributed by atoms with E-state index in [-0.39, 0.29) is 5.78 Å². The molecule has 78 valence electrons. The van der Waals surface area contributed by atoms with E-state index in [9.17, 15) is 4.79 Å². The van der Waals surface area contributed by atoms with Gasteiger partial charge in [0.1, 0.15) is 0 Å². The van der Waals surface area contributed by atoms with Crippen LogP contribution in [0.4, 0.5) is 0 Å². The lowest BCUT2D eigenvalue weighted by molar-refractivity contribution is 0.0995. The van der Waals surface area contributed by atoms with Crippen molar-refractivity contribution in [2.24, 2.45) is 0 Å². The summed E-state index contributed by atoms with van der Waals surface area (Å²) in [6, 6.07) is 3.34. The number of imidazole rings is 1. The van der Waals surface area contributed by atoms with Crippen LogP contribution in [0.1, 0.15) is 29.7 Å². The van der Waals surface area contributed by atoms with E-state index in [0.717, 1.165) is 13.0 Å². The van der Waals surface area contributed by atoms with Crippen molar-refractivity contribution in [3.63, 3.8) is 0 Å². The smallest absolute Gasteiger partial charge is 0.263 e. The van der Waals surface area contributed by atoms with Crippen LogP contribution in [0, 0.1) is 0 Å². The van der Waals surface area contributed by atoms with Crippen molar-refractivity contribution < 1.29 is 9.21 Å². The van der Waals surface area contributed by atoms with Crippen molar-refractivity contribution in [2.75, 3.05) is 0 Å². The van der Waals surface area contributed by atoms with Gasteiger partial charge in [-0.2, -0.15) is 0 Å². The standard InChI is InChI=1S/C11H12N2O2/c1-2-6-13-7-5-12-11(13)10(14)9-4-3-8-15-9/h3-5,7-8H,2,6H2,1H3. The van der Waals surface area contributed by atoms with E-state index in [4.69, 9.17) is 4.42 Å². The number of rotatable bonds is 4. The molecule has 0 unspecified atom stereocenters. The number of aromatic nitrogens is 2. The highest BCUT2D eigenvalue weighted by atomic mass is 16.3. The van der Waals surface area contributed by atoms with Gasteiger partial charge in [-0.15, -0.1) is 0 Å². The molecule has 0 saturated carbocycles. The summed E-state index contributed by atoms with van der Waals surface area (Å²) >= 11 is 0. The zero-order chi connectivity index (χ0) is 10.7. The summed E-state index contributed by atoms with van der Waals surface area (Å²) in [5.74, 6) is 0.601. The summed E-state index contributed by atoms with van der Waals surface area (Å²) in [6.45, 7) is 2.85. The first-order chi connectivity index (χ1) is 7.33. The molecule has 2 aromatic heterocycles. The zero-order valence-corrected chi connectivity index (χ0v) is 8.51.